The Balaban J connectivity index is 1.19. The fraction of sp³-hybridized carbons (Fsp3) is 1.00. The predicted molar refractivity (Wildman–Crippen MR) is 76.1 cm³/mol. The highest BCUT2D eigenvalue weighted by atomic mass is 16.5. The van der Waals surface area contributed by atoms with Crippen LogP contribution in [0.2, 0.25) is 0 Å². The van der Waals surface area contributed by atoms with E-state index in [1.165, 1.54) is 51.6 Å². The zero-order chi connectivity index (χ0) is 12.7. The molecule has 2 saturated heterocycles. The maximum Gasteiger partial charge on any atom is 0.0826 e. The Morgan fingerprint density at radius 3 is 2.95 bits per heavy atom. The lowest BCUT2D eigenvalue weighted by Crippen LogP contribution is -2.49. The van der Waals surface area contributed by atoms with E-state index in [1.807, 2.05) is 0 Å². The Bertz CT molecular complexity index is 322. The first-order valence-electron chi connectivity index (χ1n) is 8.45. The van der Waals surface area contributed by atoms with Crippen molar-refractivity contribution in [3.8, 4) is 0 Å². The normalized spacial score (nSPS) is 45.8. The van der Waals surface area contributed by atoms with Gasteiger partial charge in [-0.05, 0) is 62.9 Å². The fourth-order valence-corrected chi connectivity index (χ4v) is 5.07. The van der Waals surface area contributed by atoms with Crippen LogP contribution < -0.4 is 5.32 Å². The van der Waals surface area contributed by atoms with Crippen LogP contribution in [0.25, 0.3) is 0 Å². The van der Waals surface area contributed by atoms with Gasteiger partial charge in [0.1, 0.15) is 0 Å². The molecule has 5 atom stereocenters. The molecular formula is C16H28N2O. The number of ether oxygens (including phenoxy) is 1. The average molecular weight is 264 g/mol. The van der Waals surface area contributed by atoms with Gasteiger partial charge >= 0.3 is 0 Å². The first-order valence-corrected chi connectivity index (χ1v) is 8.45. The molecule has 108 valence electrons. The van der Waals surface area contributed by atoms with E-state index in [1.54, 1.807) is 0 Å². The number of fused-ring (bicyclic) bond motifs is 3. The van der Waals surface area contributed by atoms with Gasteiger partial charge in [-0.3, -0.25) is 4.90 Å². The van der Waals surface area contributed by atoms with Crippen molar-refractivity contribution < 1.29 is 4.74 Å². The van der Waals surface area contributed by atoms with Crippen molar-refractivity contribution in [2.75, 3.05) is 32.8 Å². The first kappa shape index (κ1) is 12.6. The van der Waals surface area contributed by atoms with Gasteiger partial charge in [0.25, 0.3) is 0 Å². The summed E-state index contributed by atoms with van der Waals surface area (Å²) < 4.78 is 6.01. The number of rotatable bonds is 4. The smallest absolute Gasteiger partial charge is 0.0826 e. The molecule has 5 unspecified atom stereocenters. The lowest BCUT2D eigenvalue weighted by Gasteiger charge is -2.35. The number of morpholine rings is 1. The van der Waals surface area contributed by atoms with E-state index in [2.05, 4.69) is 10.2 Å². The van der Waals surface area contributed by atoms with Gasteiger partial charge in [0.15, 0.2) is 0 Å². The van der Waals surface area contributed by atoms with E-state index >= 15 is 0 Å². The summed E-state index contributed by atoms with van der Waals surface area (Å²) >= 11 is 0. The van der Waals surface area contributed by atoms with E-state index in [0.29, 0.717) is 6.10 Å². The lowest BCUT2D eigenvalue weighted by atomic mass is 9.89. The summed E-state index contributed by atoms with van der Waals surface area (Å²) in [6.07, 6.45) is 9.22. The molecule has 0 radical (unpaired) electrons. The summed E-state index contributed by atoms with van der Waals surface area (Å²) in [5, 5.41) is 3.71. The molecule has 2 bridgehead atoms. The Kier molecular flexibility index (Phi) is 3.55. The van der Waals surface area contributed by atoms with E-state index in [4.69, 9.17) is 4.74 Å². The van der Waals surface area contributed by atoms with E-state index in [9.17, 15) is 0 Å². The largest absolute Gasteiger partial charge is 0.374 e. The predicted octanol–water partition coefficient (Wildman–Crippen LogP) is 1.88. The number of hydrogen-bond acceptors (Lipinski definition) is 3. The molecule has 3 nitrogen and oxygen atoms in total. The molecule has 1 N–H and O–H groups in total. The molecule has 0 aromatic carbocycles. The van der Waals surface area contributed by atoms with Crippen LogP contribution in [0.1, 0.15) is 38.5 Å². The summed E-state index contributed by atoms with van der Waals surface area (Å²) in [7, 11) is 0. The van der Waals surface area contributed by atoms with Crippen LogP contribution in [0.4, 0.5) is 0 Å². The van der Waals surface area contributed by atoms with Crippen molar-refractivity contribution in [3.05, 3.63) is 0 Å². The van der Waals surface area contributed by atoms with Crippen LogP contribution in [0.15, 0.2) is 0 Å². The van der Waals surface area contributed by atoms with Gasteiger partial charge in [-0.15, -0.1) is 0 Å². The molecule has 0 aromatic rings. The highest BCUT2D eigenvalue weighted by Gasteiger charge is 2.39. The molecule has 2 aliphatic heterocycles. The maximum absolute atomic E-state index is 6.01. The minimum Gasteiger partial charge on any atom is -0.374 e. The van der Waals surface area contributed by atoms with Gasteiger partial charge in [-0.2, -0.15) is 0 Å². The van der Waals surface area contributed by atoms with Gasteiger partial charge < -0.3 is 10.1 Å². The third-order valence-electron chi connectivity index (χ3n) is 6.12. The topological polar surface area (TPSA) is 24.5 Å². The second-order valence-corrected chi connectivity index (χ2v) is 7.34. The molecule has 2 aliphatic carbocycles. The fourth-order valence-electron chi connectivity index (χ4n) is 5.07. The summed E-state index contributed by atoms with van der Waals surface area (Å²) in [6, 6.07) is 0.738. The van der Waals surface area contributed by atoms with Crippen molar-refractivity contribution in [2.45, 2.75) is 50.7 Å². The van der Waals surface area contributed by atoms with Crippen LogP contribution in [-0.2, 0) is 4.74 Å². The minimum atomic E-state index is 0.438. The lowest BCUT2D eigenvalue weighted by molar-refractivity contribution is -0.0472. The first-order chi connectivity index (χ1) is 9.38. The van der Waals surface area contributed by atoms with Gasteiger partial charge in [-0.25, -0.2) is 0 Å². The Morgan fingerprint density at radius 1 is 1.11 bits per heavy atom. The van der Waals surface area contributed by atoms with Gasteiger partial charge in [0.05, 0.1) is 12.7 Å². The summed E-state index contributed by atoms with van der Waals surface area (Å²) in [4.78, 5) is 2.65. The van der Waals surface area contributed by atoms with Crippen molar-refractivity contribution in [1.82, 2.24) is 10.2 Å². The third kappa shape index (κ3) is 2.57. The highest BCUT2D eigenvalue weighted by molar-refractivity contribution is 4.91. The molecule has 4 rings (SSSR count). The van der Waals surface area contributed by atoms with E-state index in [0.717, 1.165) is 43.5 Å². The second kappa shape index (κ2) is 5.34. The maximum atomic E-state index is 6.01. The Labute approximate surface area is 117 Å². The number of hydrogen-bond donors (Lipinski definition) is 1. The average Bonchev–Trinajstić information content (AvgIpc) is 3.14. The molecule has 4 fully saturated rings. The summed E-state index contributed by atoms with van der Waals surface area (Å²) in [5.74, 6) is 3.10. The van der Waals surface area contributed by atoms with Crippen LogP contribution in [0.5, 0.6) is 0 Å². The standard InChI is InChI=1S/C16H28N2O/c1-2-15-11-19-16(10-18(15)5-1)9-17-8-14-7-12-3-4-13(14)6-12/h12-17H,1-11H2. The number of nitrogens with one attached hydrogen (secondary N) is 1. The van der Waals surface area contributed by atoms with E-state index in [-0.39, 0.29) is 0 Å². The molecule has 19 heavy (non-hydrogen) atoms. The molecule has 4 aliphatic rings. The van der Waals surface area contributed by atoms with Crippen LogP contribution in [-0.4, -0.2) is 49.8 Å². The third-order valence-corrected chi connectivity index (χ3v) is 6.12. The molecule has 2 saturated carbocycles. The number of nitrogens with zero attached hydrogens (tertiary/aromatic N) is 1. The van der Waals surface area contributed by atoms with Gasteiger partial charge in [-0.1, -0.05) is 6.42 Å². The molecular weight excluding hydrogens is 236 g/mol. The molecule has 2 heterocycles. The SMILES string of the molecule is C1CC2COC(CNCC3CC4CCC3C4)CN2C1. The second-order valence-electron chi connectivity index (χ2n) is 7.34. The Hall–Kier alpha value is -0.120. The molecule has 0 spiro atoms. The minimum absolute atomic E-state index is 0.438. The molecule has 0 amide bonds. The van der Waals surface area contributed by atoms with Crippen molar-refractivity contribution in [1.29, 1.82) is 0 Å². The Morgan fingerprint density at radius 2 is 2.11 bits per heavy atom. The van der Waals surface area contributed by atoms with Gasteiger partial charge in [0.2, 0.25) is 0 Å². The molecule has 3 heteroatoms. The summed E-state index contributed by atoms with van der Waals surface area (Å²) in [6.45, 7) is 5.74. The summed E-state index contributed by atoms with van der Waals surface area (Å²) in [5.41, 5.74) is 0. The van der Waals surface area contributed by atoms with Crippen molar-refractivity contribution >= 4 is 0 Å². The van der Waals surface area contributed by atoms with Crippen LogP contribution in [0, 0.1) is 17.8 Å². The monoisotopic (exact) mass is 264 g/mol. The van der Waals surface area contributed by atoms with Crippen molar-refractivity contribution in [3.63, 3.8) is 0 Å². The highest BCUT2D eigenvalue weighted by Crippen LogP contribution is 2.47. The zero-order valence-corrected chi connectivity index (χ0v) is 12.0. The zero-order valence-electron chi connectivity index (χ0n) is 12.0. The molecule has 0 aromatic heterocycles. The van der Waals surface area contributed by atoms with Gasteiger partial charge in [0, 0.05) is 19.1 Å². The van der Waals surface area contributed by atoms with E-state index < -0.39 is 0 Å². The van der Waals surface area contributed by atoms with Crippen LogP contribution >= 0.6 is 0 Å². The van der Waals surface area contributed by atoms with Crippen LogP contribution in [0.3, 0.4) is 0 Å². The quantitative estimate of drug-likeness (QED) is 0.839. The van der Waals surface area contributed by atoms with Crippen molar-refractivity contribution in [2.24, 2.45) is 17.8 Å².